The Bertz CT molecular complexity index is 366. The molecule has 1 aliphatic carbocycles. The fourth-order valence-electron chi connectivity index (χ4n) is 2.43. The number of carbonyl (C=O) groups excluding carboxylic acids is 2. The predicted molar refractivity (Wildman–Crippen MR) is 71.3 cm³/mol. The van der Waals surface area contributed by atoms with E-state index in [1.54, 1.807) is 6.92 Å². The number of carbonyl (C=O) groups is 3. The third-order valence-electron chi connectivity index (χ3n) is 3.52. The van der Waals surface area contributed by atoms with Gasteiger partial charge in [-0.25, -0.2) is 4.79 Å². The Morgan fingerprint density at radius 1 is 1.20 bits per heavy atom. The molecule has 0 atom stereocenters. The number of methoxy groups -OCH3 is 1. The van der Waals surface area contributed by atoms with Crippen molar-refractivity contribution in [2.75, 3.05) is 26.7 Å². The Balaban J connectivity index is 2.78. The summed E-state index contributed by atoms with van der Waals surface area (Å²) < 4.78 is 4.55. The second-order valence-electron chi connectivity index (χ2n) is 4.83. The standard InChI is InChI=1S/C13H22N2O5/c1-3-14(9-12(18)20-2)13(19)15(8-11(16)17)10-6-4-5-7-10/h10H,3-9H2,1-2H3,(H,16,17). The van der Waals surface area contributed by atoms with Crippen LogP contribution in [0.1, 0.15) is 32.6 Å². The van der Waals surface area contributed by atoms with Crippen LogP contribution in [0.15, 0.2) is 0 Å². The van der Waals surface area contributed by atoms with Crippen LogP contribution in [0, 0.1) is 0 Å². The Morgan fingerprint density at radius 3 is 2.25 bits per heavy atom. The van der Waals surface area contributed by atoms with Gasteiger partial charge in [0.05, 0.1) is 7.11 Å². The first-order valence-electron chi connectivity index (χ1n) is 6.83. The van der Waals surface area contributed by atoms with E-state index in [2.05, 4.69) is 4.74 Å². The molecule has 1 fully saturated rings. The van der Waals surface area contributed by atoms with Crippen LogP contribution in [0.4, 0.5) is 4.79 Å². The van der Waals surface area contributed by atoms with E-state index in [0.29, 0.717) is 6.54 Å². The van der Waals surface area contributed by atoms with Gasteiger partial charge >= 0.3 is 18.0 Å². The Kier molecular flexibility index (Phi) is 6.27. The molecule has 0 heterocycles. The average Bonchev–Trinajstić information content (AvgIpc) is 2.94. The zero-order valence-corrected chi connectivity index (χ0v) is 12.0. The van der Waals surface area contributed by atoms with Crippen LogP contribution >= 0.6 is 0 Å². The first kappa shape index (κ1) is 16.3. The minimum Gasteiger partial charge on any atom is -0.480 e. The van der Waals surface area contributed by atoms with Gasteiger partial charge in [0.25, 0.3) is 0 Å². The maximum absolute atomic E-state index is 12.4. The number of hydrogen-bond acceptors (Lipinski definition) is 4. The number of hydrogen-bond donors (Lipinski definition) is 1. The van der Waals surface area contributed by atoms with Crippen molar-refractivity contribution in [3.63, 3.8) is 0 Å². The number of nitrogens with zero attached hydrogens (tertiary/aromatic N) is 2. The molecule has 2 amide bonds. The SMILES string of the molecule is CCN(CC(=O)OC)C(=O)N(CC(=O)O)C1CCCC1. The molecule has 7 nitrogen and oxygen atoms in total. The van der Waals surface area contributed by atoms with E-state index in [0.717, 1.165) is 25.7 Å². The zero-order valence-electron chi connectivity index (χ0n) is 12.0. The highest BCUT2D eigenvalue weighted by atomic mass is 16.5. The maximum Gasteiger partial charge on any atom is 0.325 e. The minimum absolute atomic E-state index is 0.0507. The van der Waals surface area contributed by atoms with E-state index in [-0.39, 0.29) is 19.1 Å². The first-order valence-corrected chi connectivity index (χ1v) is 6.83. The summed E-state index contributed by atoms with van der Waals surface area (Å²) in [5.74, 6) is -1.55. The van der Waals surface area contributed by atoms with Crippen LogP contribution in [-0.4, -0.2) is 65.7 Å². The third-order valence-corrected chi connectivity index (χ3v) is 3.52. The molecular formula is C13H22N2O5. The Hall–Kier alpha value is -1.79. The van der Waals surface area contributed by atoms with Gasteiger partial charge in [-0.2, -0.15) is 0 Å². The molecule has 20 heavy (non-hydrogen) atoms. The molecule has 0 aromatic heterocycles. The van der Waals surface area contributed by atoms with E-state index in [1.807, 2.05) is 0 Å². The molecule has 114 valence electrons. The smallest absolute Gasteiger partial charge is 0.325 e. The van der Waals surface area contributed by atoms with Crippen molar-refractivity contribution in [2.24, 2.45) is 0 Å². The van der Waals surface area contributed by atoms with Gasteiger partial charge < -0.3 is 19.6 Å². The maximum atomic E-state index is 12.4. The van der Waals surface area contributed by atoms with Crippen molar-refractivity contribution in [3.05, 3.63) is 0 Å². The Labute approximate surface area is 118 Å². The second-order valence-corrected chi connectivity index (χ2v) is 4.83. The molecule has 0 saturated heterocycles. The summed E-state index contributed by atoms with van der Waals surface area (Å²) in [7, 11) is 1.26. The lowest BCUT2D eigenvalue weighted by molar-refractivity contribution is -0.141. The normalized spacial score (nSPS) is 14.9. The monoisotopic (exact) mass is 286 g/mol. The highest BCUT2D eigenvalue weighted by Crippen LogP contribution is 2.24. The summed E-state index contributed by atoms with van der Waals surface area (Å²) in [6, 6.07) is -0.461. The molecule has 0 aromatic carbocycles. The number of aliphatic carboxylic acids is 1. The zero-order chi connectivity index (χ0) is 15.1. The van der Waals surface area contributed by atoms with Crippen molar-refractivity contribution < 1.29 is 24.2 Å². The number of rotatable bonds is 6. The topological polar surface area (TPSA) is 87.2 Å². The molecule has 0 radical (unpaired) electrons. The van der Waals surface area contributed by atoms with Crippen molar-refractivity contribution in [3.8, 4) is 0 Å². The highest BCUT2D eigenvalue weighted by Gasteiger charge is 2.31. The average molecular weight is 286 g/mol. The van der Waals surface area contributed by atoms with E-state index >= 15 is 0 Å². The van der Waals surface area contributed by atoms with Gasteiger partial charge in [-0.1, -0.05) is 12.8 Å². The van der Waals surface area contributed by atoms with Gasteiger partial charge in [-0.05, 0) is 19.8 Å². The first-order chi connectivity index (χ1) is 9.49. The molecular weight excluding hydrogens is 264 g/mol. The van der Waals surface area contributed by atoms with Crippen molar-refractivity contribution >= 4 is 18.0 Å². The van der Waals surface area contributed by atoms with Gasteiger partial charge in [0, 0.05) is 12.6 Å². The molecule has 0 aliphatic heterocycles. The number of carboxylic acids is 1. The number of ether oxygens (including phenoxy) is 1. The summed E-state index contributed by atoms with van der Waals surface area (Å²) in [6.45, 7) is 1.58. The molecule has 1 N–H and O–H groups in total. The van der Waals surface area contributed by atoms with E-state index < -0.39 is 18.0 Å². The van der Waals surface area contributed by atoms with Crippen LogP contribution in [0.5, 0.6) is 0 Å². The summed E-state index contributed by atoms with van der Waals surface area (Å²) in [5.41, 5.74) is 0. The van der Waals surface area contributed by atoms with E-state index in [4.69, 9.17) is 5.11 Å². The number of esters is 1. The predicted octanol–water partition coefficient (Wildman–Crippen LogP) is 0.931. The van der Waals surface area contributed by atoms with Gasteiger partial charge in [-0.15, -0.1) is 0 Å². The molecule has 1 aliphatic rings. The minimum atomic E-state index is -1.04. The van der Waals surface area contributed by atoms with Gasteiger partial charge in [0.1, 0.15) is 13.1 Å². The molecule has 1 rings (SSSR count). The van der Waals surface area contributed by atoms with Crippen LogP contribution in [0.3, 0.4) is 0 Å². The van der Waals surface area contributed by atoms with Crippen LogP contribution in [0.25, 0.3) is 0 Å². The quantitative estimate of drug-likeness (QED) is 0.734. The van der Waals surface area contributed by atoms with Crippen LogP contribution < -0.4 is 0 Å². The fourth-order valence-corrected chi connectivity index (χ4v) is 2.43. The molecule has 0 aromatic rings. The number of urea groups is 1. The summed E-state index contributed by atoms with van der Waals surface area (Å²) in [4.78, 5) is 37.4. The number of carboxylic acid groups (broad SMARTS) is 1. The second kappa shape index (κ2) is 7.72. The largest absolute Gasteiger partial charge is 0.480 e. The van der Waals surface area contributed by atoms with E-state index in [9.17, 15) is 14.4 Å². The third kappa shape index (κ3) is 4.40. The summed E-state index contributed by atoms with van der Waals surface area (Å²) in [6.07, 6.45) is 3.62. The lowest BCUT2D eigenvalue weighted by Gasteiger charge is -2.32. The summed E-state index contributed by atoms with van der Waals surface area (Å²) >= 11 is 0. The van der Waals surface area contributed by atoms with Crippen molar-refractivity contribution in [2.45, 2.75) is 38.6 Å². The highest BCUT2D eigenvalue weighted by molar-refractivity contribution is 5.84. The molecule has 0 unspecified atom stereocenters. The molecule has 0 spiro atoms. The molecule has 0 bridgehead atoms. The summed E-state index contributed by atoms with van der Waals surface area (Å²) in [5, 5.41) is 8.97. The number of likely N-dealkylation sites (N-methyl/N-ethyl adjacent to an activating group) is 1. The number of amides is 2. The lowest BCUT2D eigenvalue weighted by atomic mass is 10.2. The Morgan fingerprint density at radius 2 is 1.80 bits per heavy atom. The van der Waals surface area contributed by atoms with Gasteiger partial charge in [0.2, 0.25) is 0 Å². The lowest BCUT2D eigenvalue weighted by Crippen LogP contribution is -2.50. The molecule has 1 saturated carbocycles. The fraction of sp³-hybridized carbons (Fsp3) is 0.769. The van der Waals surface area contributed by atoms with Gasteiger partial charge in [-0.3, -0.25) is 9.59 Å². The van der Waals surface area contributed by atoms with Crippen LogP contribution in [0.2, 0.25) is 0 Å². The van der Waals surface area contributed by atoms with E-state index in [1.165, 1.54) is 16.9 Å². The van der Waals surface area contributed by atoms with Crippen molar-refractivity contribution in [1.82, 2.24) is 9.80 Å². The van der Waals surface area contributed by atoms with Crippen LogP contribution in [-0.2, 0) is 14.3 Å². The molecule has 7 heteroatoms. The van der Waals surface area contributed by atoms with Gasteiger partial charge in [0.15, 0.2) is 0 Å². The van der Waals surface area contributed by atoms with Crippen molar-refractivity contribution in [1.29, 1.82) is 0 Å².